The molecule has 0 fully saturated rings. The van der Waals surface area contributed by atoms with Crippen LogP contribution in [0.5, 0.6) is 17.2 Å². The van der Waals surface area contributed by atoms with Crippen LogP contribution in [0.4, 0.5) is 0 Å². The van der Waals surface area contributed by atoms with Gasteiger partial charge in [-0.25, -0.2) is 0 Å². The number of H-pyrrole nitrogens is 1. The minimum atomic E-state index is -1.36. The highest BCUT2D eigenvalue weighted by molar-refractivity contribution is 8.00. The van der Waals surface area contributed by atoms with Crippen molar-refractivity contribution >= 4 is 58.3 Å². The highest BCUT2D eigenvalue weighted by Crippen LogP contribution is 2.45. The van der Waals surface area contributed by atoms with Gasteiger partial charge in [0.15, 0.2) is 0 Å². The molecule has 16 nitrogen and oxygen atoms in total. The van der Waals surface area contributed by atoms with Gasteiger partial charge in [-0.2, -0.15) is 0 Å². The molecule has 3 aromatic rings. The number of aromatic amines is 1. The summed E-state index contributed by atoms with van der Waals surface area (Å²) in [5, 5.41) is 25.9. The lowest BCUT2D eigenvalue weighted by Gasteiger charge is -2.38. The van der Waals surface area contributed by atoms with Crippen molar-refractivity contribution in [3.8, 4) is 17.2 Å². The van der Waals surface area contributed by atoms with E-state index >= 15 is 0 Å². The number of thioether (sulfide) groups is 1. The van der Waals surface area contributed by atoms with Crippen LogP contribution in [0.1, 0.15) is 146 Å². The summed E-state index contributed by atoms with van der Waals surface area (Å²) < 4.78 is 18.4. The van der Waals surface area contributed by atoms with E-state index in [-0.39, 0.29) is 30.7 Å². The molecule has 1 unspecified atom stereocenters. The summed E-state index contributed by atoms with van der Waals surface area (Å²) in [7, 11) is 1.58. The monoisotopic (exact) mass is 1010 g/mol. The van der Waals surface area contributed by atoms with E-state index in [9.17, 15) is 39.0 Å². The molecule has 8 N–H and O–H groups in total. The summed E-state index contributed by atoms with van der Waals surface area (Å²) in [6, 6.07) is 2.96. The zero-order valence-electron chi connectivity index (χ0n) is 43.6. The molecule has 2 heterocycles. The number of aliphatic carboxylic acids is 2. The first-order chi connectivity index (χ1) is 33.6. The van der Waals surface area contributed by atoms with Gasteiger partial charge < -0.3 is 51.1 Å². The number of methoxy groups -OCH3 is 1. The third kappa shape index (κ3) is 18.4. The zero-order chi connectivity index (χ0) is 52.4. The standard InChI is InChI=1S/C54H81N5O11S/c1-32(2)13-10-14-33(3)15-11-16-34(4)17-12-24-54(8)25-22-40-37(7)49(35(5)36(6)50(40)70-54)69-48(63)28-45(52(65)56-26-23-38-29-57-43-20-18-39(68-9)27-41(38)43)71-31-44(51(64)58-30-47(61)62)59-46(60)21-19-42(55)53(66)67/h18,20,27,29,32-34,42,44-45,57H,10-17,19,21-26,28,30-31,55H2,1-9H3,(H,56,65)(H,58,64)(H,59,60)(H,61,62)(H,66,67)/t33-,34-,42+,44+,45?,54-/m1/s1. The van der Waals surface area contributed by atoms with Gasteiger partial charge >= 0.3 is 17.9 Å². The second-order valence-electron chi connectivity index (χ2n) is 20.4. The number of carbonyl (C=O) groups is 6. The molecule has 2 aromatic carbocycles. The summed E-state index contributed by atoms with van der Waals surface area (Å²) in [5.74, 6) is -1.52. The van der Waals surface area contributed by atoms with E-state index in [4.69, 9.17) is 19.9 Å². The number of carboxylic acids is 2. The van der Waals surface area contributed by atoms with E-state index < -0.39 is 65.9 Å². The van der Waals surface area contributed by atoms with Gasteiger partial charge in [-0.1, -0.05) is 72.6 Å². The summed E-state index contributed by atoms with van der Waals surface area (Å²) in [5.41, 5.74) is 10.5. The van der Waals surface area contributed by atoms with Gasteiger partial charge in [0.2, 0.25) is 17.7 Å². The van der Waals surface area contributed by atoms with Gasteiger partial charge in [-0.05, 0) is 124 Å². The maximum absolute atomic E-state index is 14.0. The molecule has 1 aromatic heterocycles. The Morgan fingerprint density at radius 2 is 1.56 bits per heavy atom. The Labute approximate surface area is 424 Å². The first kappa shape index (κ1) is 58.3. The number of benzene rings is 2. The number of nitrogens with two attached hydrogens (primary N) is 1. The topological polar surface area (TPSA) is 248 Å². The molecule has 0 radical (unpaired) electrons. The molecule has 71 heavy (non-hydrogen) atoms. The lowest BCUT2D eigenvalue weighted by Crippen LogP contribution is -2.50. The maximum Gasteiger partial charge on any atom is 0.322 e. The van der Waals surface area contributed by atoms with Crippen molar-refractivity contribution in [1.29, 1.82) is 0 Å². The number of aromatic nitrogens is 1. The van der Waals surface area contributed by atoms with Crippen LogP contribution in [0.3, 0.4) is 0 Å². The van der Waals surface area contributed by atoms with E-state index in [1.165, 1.54) is 38.5 Å². The third-order valence-corrected chi connectivity index (χ3v) is 15.2. The minimum Gasteiger partial charge on any atom is -0.497 e. The summed E-state index contributed by atoms with van der Waals surface area (Å²) in [6.07, 6.45) is 13.8. The predicted molar refractivity (Wildman–Crippen MR) is 278 cm³/mol. The molecular formula is C54H81N5O11S. The molecular weight excluding hydrogens is 927 g/mol. The Hall–Kier alpha value is -5.29. The molecule has 1 aliphatic rings. The van der Waals surface area contributed by atoms with Crippen LogP contribution < -0.4 is 35.9 Å². The minimum absolute atomic E-state index is 0.191. The lowest BCUT2D eigenvalue weighted by molar-refractivity contribution is -0.139. The van der Waals surface area contributed by atoms with Crippen LogP contribution in [-0.2, 0) is 41.6 Å². The highest BCUT2D eigenvalue weighted by atomic mass is 32.2. The Balaban J connectivity index is 1.46. The molecule has 0 saturated carbocycles. The fraction of sp³-hybridized carbons (Fsp3) is 0.630. The number of nitrogens with one attached hydrogen (secondary N) is 4. The molecule has 4 rings (SSSR count). The molecule has 3 amide bonds. The van der Waals surface area contributed by atoms with E-state index in [2.05, 4.69) is 55.6 Å². The van der Waals surface area contributed by atoms with Crippen LogP contribution in [-0.4, -0.2) is 99.7 Å². The zero-order valence-corrected chi connectivity index (χ0v) is 44.4. The van der Waals surface area contributed by atoms with Crippen molar-refractivity contribution in [2.24, 2.45) is 23.5 Å². The van der Waals surface area contributed by atoms with Crippen molar-refractivity contribution in [2.75, 3.05) is 26.0 Å². The Morgan fingerprint density at radius 3 is 2.21 bits per heavy atom. The quantitative estimate of drug-likeness (QED) is 0.0237. The highest BCUT2D eigenvalue weighted by Gasteiger charge is 2.36. The number of fused-ring (bicyclic) bond motifs is 2. The average molecular weight is 1010 g/mol. The molecule has 0 saturated heterocycles. The lowest BCUT2D eigenvalue weighted by atomic mass is 9.83. The number of carboxylic acid groups (broad SMARTS) is 2. The number of rotatable bonds is 31. The van der Waals surface area contributed by atoms with Crippen molar-refractivity contribution in [2.45, 2.75) is 175 Å². The van der Waals surface area contributed by atoms with Crippen molar-refractivity contribution in [1.82, 2.24) is 20.9 Å². The number of esters is 1. The molecule has 17 heteroatoms. The van der Waals surface area contributed by atoms with Gasteiger partial charge in [0.1, 0.15) is 41.5 Å². The fourth-order valence-electron chi connectivity index (χ4n) is 9.23. The van der Waals surface area contributed by atoms with Crippen molar-refractivity contribution in [3.05, 3.63) is 52.2 Å². The van der Waals surface area contributed by atoms with E-state index in [1.54, 1.807) is 7.11 Å². The fourth-order valence-corrected chi connectivity index (χ4v) is 10.4. The van der Waals surface area contributed by atoms with Crippen LogP contribution in [0.2, 0.25) is 0 Å². The summed E-state index contributed by atoms with van der Waals surface area (Å²) in [6.45, 7) is 16.8. The third-order valence-electron chi connectivity index (χ3n) is 13.9. The van der Waals surface area contributed by atoms with Gasteiger partial charge in [-0.3, -0.25) is 28.8 Å². The summed E-state index contributed by atoms with van der Waals surface area (Å²) >= 11 is 0.919. The predicted octanol–water partition coefficient (Wildman–Crippen LogP) is 8.26. The van der Waals surface area contributed by atoms with Gasteiger partial charge in [0, 0.05) is 41.4 Å². The number of amides is 3. The largest absolute Gasteiger partial charge is 0.497 e. The number of hydrogen-bond acceptors (Lipinski definition) is 11. The molecule has 0 aliphatic carbocycles. The average Bonchev–Trinajstić information content (AvgIpc) is 3.72. The number of carbonyl (C=O) groups excluding carboxylic acids is 4. The Morgan fingerprint density at radius 1 is 0.887 bits per heavy atom. The maximum atomic E-state index is 14.0. The molecule has 0 bridgehead atoms. The van der Waals surface area contributed by atoms with Gasteiger partial charge in [-0.15, -0.1) is 11.8 Å². The Bertz CT molecular complexity index is 2300. The van der Waals surface area contributed by atoms with E-state index in [0.717, 1.165) is 100 Å². The smallest absolute Gasteiger partial charge is 0.322 e. The number of ether oxygens (including phenoxy) is 3. The van der Waals surface area contributed by atoms with E-state index in [0.29, 0.717) is 23.8 Å². The van der Waals surface area contributed by atoms with Crippen LogP contribution in [0.25, 0.3) is 10.9 Å². The molecule has 1 aliphatic heterocycles. The SMILES string of the molecule is COc1ccc2[nH]cc(CCNC(=O)C(CC(=O)Oc3c(C)c(C)c4c(c3C)CC[C@@](C)(CCC[C@H](C)CCC[C@H](C)CCCC(C)C)O4)SC[C@H](NC(=O)CC[C@H](N)C(=O)O)C(=O)NCC(=O)O)c2c1. The van der Waals surface area contributed by atoms with Crippen LogP contribution in [0, 0.1) is 38.5 Å². The van der Waals surface area contributed by atoms with Crippen LogP contribution >= 0.6 is 11.8 Å². The van der Waals surface area contributed by atoms with Crippen LogP contribution in [0.15, 0.2) is 24.4 Å². The second kappa shape index (κ2) is 28.1. The van der Waals surface area contributed by atoms with Gasteiger partial charge in [0.25, 0.3) is 0 Å². The first-order valence-electron chi connectivity index (χ1n) is 25.4. The van der Waals surface area contributed by atoms with Crippen molar-refractivity contribution in [3.63, 3.8) is 0 Å². The molecule has 6 atom stereocenters. The Kier molecular flexibility index (Phi) is 23.1. The number of hydrogen-bond donors (Lipinski definition) is 7. The molecule has 394 valence electrons. The first-order valence-corrected chi connectivity index (χ1v) is 26.5. The summed E-state index contributed by atoms with van der Waals surface area (Å²) in [4.78, 5) is 80.0. The second-order valence-corrected chi connectivity index (χ2v) is 21.6. The normalized spacial score (nSPS) is 16.5. The van der Waals surface area contributed by atoms with E-state index in [1.807, 2.05) is 45.2 Å². The van der Waals surface area contributed by atoms with Gasteiger partial charge in [0.05, 0.1) is 18.8 Å². The molecule has 0 spiro atoms. The van der Waals surface area contributed by atoms with Crippen molar-refractivity contribution < 1.29 is 53.2 Å².